The normalized spacial score (nSPS) is 11.3. The SMILES string of the molecule is O=C(CCSc1nnc(-c2ccco2)c(-c2ccco2)n1)Nc1ccc(S(=O)(=O)Nc2ncccn2)cc1. The Morgan fingerprint density at radius 2 is 1.55 bits per heavy atom. The first-order valence-corrected chi connectivity index (χ1v) is 13.6. The molecule has 0 aliphatic carbocycles. The van der Waals surface area contributed by atoms with E-state index in [9.17, 15) is 13.2 Å². The van der Waals surface area contributed by atoms with Gasteiger partial charge < -0.3 is 14.2 Å². The van der Waals surface area contributed by atoms with Crippen LogP contribution in [0.15, 0.2) is 98.4 Å². The van der Waals surface area contributed by atoms with Gasteiger partial charge in [0.25, 0.3) is 10.0 Å². The van der Waals surface area contributed by atoms with Crippen molar-refractivity contribution in [2.24, 2.45) is 0 Å². The minimum atomic E-state index is -3.86. The average Bonchev–Trinajstić information content (AvgIpc) is 3.64. The van der Waals surface area contributed by atoms with Gasteiger partial charge in [-0.25, -0.2) is 28.1 Å². The number of sulfonamides is 1. The van der Waals surface area contributed by atoms with Crippen LogP contribution in [0.1, 0.15) is 6.42 Å². The molecule has 0 saturated heterocycles. The number of nitrogens with zero attached hydrogens (tertiary/aromatic N) is 5. The van der Waals surface area contributed by atoms with E-state index < -0.39 is 10.0 Å². The number of amides is 1. The fraction of sp³-hybridized carbons (Fsp3) is 0.0833. The van der Waals surface area contributed by atoms with Crippen molar-refractivity contribution < 1.29 is 22.0 Å². The topological polar surface area (TPSA) is 166 Å². The molecule has 0 bridgehead atoms. The average molecular weight is 550 g/mol. The van der Waals surface area contributed by atoms with E-state index in [0.717, 1.165) is 0 Å². The van der Waals surface area contributed by atoms with E-state index in [1.54, 1.807) is 30.3 Å². The van der Waals surface area contributed by atoms with Gasteiger partial charge in [-0.1, -0.05) is 11.8 Å². The number of anilines is 2. The Labute approximate surface area is 221 Å². The molecule has 5 aromatic rings. The number of benzene rings is 1. The maximum Gasteiger partial charge on any atom is 0.264 e. The fourth-order valence-corrected chi connectivity index (χ4v) is 4.93. The summed E-state index contributed by atoms with van der Waals surface area (Å²) < 4.78 is 38.2. The number of furan rings is 2. The molecule has 12 nitrogen and oxygen atoms in total. The molecule has 4 heterocycles. The van der Waals surface area contributed by atoms with Gasteiger partial charge in [-0.3, -0.25) is 4.79 Å². The summed E-state index contributed by atoms with van der Waals surface area (Å²) in [6, 6.07) is 14.4. The highest BCUT2D eigenvalue weighted by Crippen LogP contribution is 2.30. The van der Waals surface area contributed by atoms with Crippen molar-refractivity contribution in [3.05, 3.63) is 79.5 Å². The summed E-state index contributed by atoms with van der Waals surface area (Å²) >= 11 is 1.27. The Morgan fingerprint density at radius 1 is 0.868 bits per heavy atom. The number of aromatic nitrogens is 5. The third kappa shape index (κ3) is 6.04. The molecule has 0 atom stereocenters. The van der Waals surface area contributed by atoms with Crippen LogP contribution < -0.4 is 10.0 Å². The Morgan fingerprint density at radius 3 is 2.21 bits per heavy atom. The lowest BCUT2D eigenvalue weighted by molar-refractivity contribution is -0.115. The van der Waals surface area contributed by atoms with Crippen molar-refractivity contribution in [2.45, 2.75) is 16.5 Å². The smallest absolute Gasteiger partial charge is 0.264 e. The first kappa shape index (κ1) is 25.1. The zero-order valence-electron chi connectivity index (χ0n) is 19.5. The van der Waals surface area contributed by atoms with Crippen LogP contribution in [-0.4, -0.2) is 45.2 Å². The fourth-order valence-electron chi connectivity index (χ4n) is 3.24. The molecule has 192 valence electrons. The van der Waals surface area contributed by atoms with Gasteiger partial charge in [-0.05, 0) is 54.6 Å². The van der Waals surface area contributed by atoms with Gasteiger partial charge in [0.05, 0.1) is 17.4 Å². The highest BCUT2D eigenvalue weighted by atomic mass is 32.2. The van der Waals surface area contributed by atoms with E-state index in [1.807, 2.05) is 0 Å². The van der Waals surface area contributed by atoms with E-state index >= 15 is 0 Å². The number of carbonyl (C=O) groups excluding carboxylic acids is 1. The van der Waals surface area contributed by atoms with Crippen molar-refractivity contribution >= 4 is 39.3 Å². The number of rotatable bonds is 10. The number of carbonyl (C=O) groups is 1. The molecule has 14 heteroatoms. The van der Waals surface area contributed by atoms with Gasteiger partial charge in [0, 0.05) is 30.3 Å². The zero-order valence-corrected chi connectivity index (χ0v) is 21.1. The predicted octanol–water partition coefficient (Wildman–Crippen LogP) is 4.10. The highest BCUT2D eigenvalue weighted by molar-refractivity contribution is 7.99. The van der Waals surface area contributed by atoms with Gasteiger partial charge in [0.15, 0.2) is 17.2 Å². The molecule has 1 amide bonds. The Bertz CT molecular complexity index is 1610. The Balaban J connectivity index is 1.17. The van der Waals surface area contributed by atoms with Crippen LogP contribution in [0.2, 0.25) is 0 Å². The van der Waals surface area contributed by atoms with Crippen LogP contribution in [0.4, 0.5) is 11.6 Å². The molecule has 38 heavy (non-hydrogen) atoms. The molecule has 5 rings (SSSR count). The summed E-state index contributed by atoms with van der Waals surface area (Å²) in [5.74, 6) is 1.13. The monoisotopic (exact) mass is 549 g/mol. The number of hydrogen-bond donors (Lipinski definition) is 2. The summed E-state index contributed by atoms with van der Waals surface area (Å²) in [5, 5.41) is 11.5. The second-order valence-corrected chi connectivity index (χ2v) is 10.3. The quantitative estimate of drug-likeness (QED) is 0.241. The van der Waals surface area contributed by atoms with Crippen LogP contribution in [0.25, 0.3) is 22.9 Å². The third-order valence-electron chi connectivity index (χ3n) is 4.98. The Kier molecular flexibility index (Phi) is 7.42. The van der Waals surface area contributed by atoms with Gasteiger partial charge >= 0.3 is 0 Å². The van der Waals surface area contributed by atoms with Gasteiger partial charge in [-0.2, -0.15) is 0 Å². The van der Waals surface area contributed by atoms with Crippen LogP contribution in [0.3, 0.4) is 0 Å². The predicted molar refractivity (Wildman–Crippen MR) is 138 cm³/mol. The van der Waals surface area contributed by atoms with Crippen molar-refractivity contribution in [3.8, 4) is 22.9 Å². The maximum absolute atomic E-state index is 12.5. The highest BCUT2D eigenvalue weighted by Gasteiger charge is 2.18. The van der Waals surface area contributed by atoms with E-state index in [1.165, 1.54) is 60.9 Å². The van der Waals surface area contributed by atoms with Gasteiger partial charge in [-0.15, -0.1) is 10.2 Å². The van der Waals surface area contributed by atoms with Gasteiger partial charge in [0.1, 0.15) is 5.69 Å². The molecule has 1 aromatic carbocycles. The number of hydrogen-bond acceptors (Lipinski definition) is 11. The summed E-state index contributed by atoms with van der Waals surface area (Å²) in [4.78, 5) is 24.7. The molecular weight excluding hydrogens is 530 g/mol. The second-order valence-electron chi connectivity index (χ2n) is 7.60. The maximum atomic E-state index is 12.5. The minimum Gasteiger partial charge on any atom is -0.463 e. The first-order chi connectivity index (χ1) is 18.5. The lowest BCUT2D eigenvalue weighted by atomic mass is 10.2. The minimum absolute atomic E-state index is 0.00788. The van der Waals surface area contributed by atoms with Crippen LogP contribution in [0.5, 0.6) is 0 Å². The van der Waals surface area contributed by atoms with Crippen molar-refractivity contribution in [3.63, 3.8) is 0 Å². The van der Waals surface area contributed by atoms with Crippen LogP contribution in [0, 0.1) is 0 Å². The van der Waals surface area contributed by atoms with Crippen molar-refractivity contribution in [1.29, 1.82) is 0 Å². The third-order valence-corrected chi connectivity index (χ3v) is 7.16. The van der Waals surface area contributed by atoms with Gasteiger partial charge in [0.2, 0.25) is 17.0 Å². The largest absolute Gasteiger partial charge is 0.463 e. The summed E-state index contributed by atoms with van der Waals surface area (Å²) in [6.45, 7) is 0. The summed E-state index contributed by atoms with van der Waals surface area (Å²) in [6.07, 6.45) is 6.09. The number of nitrogens with one attached hydrogen (secondary N) is 2. The lowest BCUT2D eigenvalue weighted by Gasteiger charge is -2.08. The molecule has 4 aromatic heterocycles. The molecule has 0 spiro atoms. The van der Waals surface area contributed by atoms with E-state index in [4.69, 9.17) is 8.83 Å². The molecule has 0 fully saturated rings. The summed E-state index contributed by atoms with van der Waals surface area (Å²) in [5.41, 5.74) is 1.38. The lowest BCUT2D eigenvalue weighted by Crippen LogP contribution is -2.15. The van der Waals surface area contributed by atoms with Crippen molar-refractivity contribution in [1.82, 2.24) is 25.1 Å². The molecule has 0 unspecified atom stereocenters. The molecule has 0 saturated carbocycles. The van der Waals surface area contributed by atoms with E-state index in [0.29, 0.717) is 39.5 Å². The molecular formula is C24H19N7O5S2. The first-order valence-electron chi connectivity index (χ1n) is 11.1. The second kappa shape index (κ2) is 11.2. The molecule has 0 aliphatic rings. The van der Waals surface area contributed by atoms with Crippen LogP contribution in [-0.2, 0) is 14.8 Å². The van der Waals surface area contributed by atoms with Crippen LogP contribution >= 0.6 is 11.8 Å². The van der Waals surface area contributed by atoms with E-state index in [2.05, 4.69) is 35.2 Å². The molecule has 0 radical (unpaired) electrons. The molecule has 0 aliphatic heterocycles. The number of thioether (sulfide) groups is 1. The van der Waals surface area contributed by atoms with E-state index in [-0.39, 0.29) is 23.2 Å². The van der Waals surface area contributed by atoms with Crippen molar-refractivity contribution in [2.75, 3.05) is 15.8 Å². The zero-order chi connectivity index (χ0) is 26.4. The summed E-state index contributed by atoms with van der Waals surface area (Å²) in [7, 11) is -3.86. The Hall–Kier alpha value is -4.56. The standard InChI is InChI=1S/C24H19N7O5S2/c32-20(27-16-6-8-17(9-7-16)38(33,34)31-23-25-11-3-12-26-23)10-15-37-24-28-21(18-4-1-13-35-18)22(29-30-24)19-5-2-14-36-19/h1-9,11-14H,10,15H2,(H,27,32)(H,25,26,31). The molecule has 2 N–H and O–H groups in total.